The van der Waals surface area contributed by atoms with Crippen molar-refractivity contribution >= 4 is 43.6 Å². The molecule has 3 nitrogen and oxygen atoms in total. The van der Waals surface area contributed by atoms with Crippen molar-refractivity contribution < 1.29 is 0 Å². The third-order valence-corrected chi connectivity index (χ3v) is 13.5. The van der Waals surface area contributed by atoms with Crippen LogP contribution in [0.1, 0.15) is 22.3 Å². The first kappa shape index (κ1) is 36.3. The van der Waals surface area contributed by atoms with E-state index in [1.54, 1.807) is 0 Å². The zero-order chi connectivity index (χ0) is 42.2. The highest BCUT2D eigenvalue weighted by molar-refractivity contribution is 6.16. The van der Waals surface area contributed by atoms with E-state index < -0.39 is 5.41 Å². The van der Waals surface area contributed by atoms with Gasteiger partial charge < -0.3 is 4.57 Å². The summed E-state index contributed by atoms with van der Waals surface area (Å²) in [5, 5.41) is 4.80. The molecule has 1 aliphatic carbocycles. The first-order chi connectivity index (χ1) is 31.8. The van der Waals surface area contributed by atoms with Gasteiger partial charge in [-0.3, -0.25) is 0 Å². The van der Waals surface area contributed by atoms with Gasteiger partial charge in [-0.05, 0) is 85.6 Å². The van der Waals surface area contributed by atoms with Gasteiger partial charge in [-0.15, -0.1) is 0 Å². The van der Waals surface area contributed by atoms with Crippen LogP contribution >= 0.6 is 0 Å². The first-order valence-electron chi connectivity index (χ1n) is 22.0. The van der Waals surface area contributed by atoms with Crippen LogP contribution in [0.25, 0.3) is 94.1 Å². The van der Waals surface area contributed by atoms with E-state index in [9.17, 15) is 0 Å². The fourth-order valence-corrected chi connectivity index (χ4v) is 10.9. The van der Waals surface area contributed by atoms with E-state index >= 15 is 0 Å². The van der Waals surface area contributed by atoms with Crippen molar-refractivity contribution in [1.29, 1.82) is 0 Å². The summed E-state index contributed by atoms with van der Waals surface area (Å²) in [6.07, 6.45) is 0. The zero-order valence-electron chi connectivity index (χ0n) is 34.9. The highest BCUT2D eigenvalue weighted by Gasteiger charge is 2.46. The fraction of sp³-hybridized carbons (Fsp3) is 0.0164. The fourth-order valence-electron chi connectivity index (χ4n) is 10.9. The van der Waals surface area contributed by atoms with Gasteiger partial charge >= 0.3 is 0 Å². The van der Waals surface area contributed by atoms with Gasteiger partial charge in [0.25, 0.3) is 0 Å². The normalized spacial score (nSPS) is 12.8. The average Bonchev–Trinajstić information content (AvgIpc) is 3.88. The lowest BCUT2D eigenvalue weighted by atomic mass is 9.67. The minimum atomic E-state index is -0.512. The van der Waals surface area contributed by atoms with Crippen LogP contribution in [0.5, 0.6) is 0 Å². The molecule has 13 rings (SSSR count). The van der Waals surface area contributed by atoms with Crippen molar-refractivity contribution in [3.63, 3.8) is 0 Å². The number of hydrogen-bond donors (Lipinski definition) is 0. The lowest BCUT2D eigenvalue weighted by Crippen LogP contribution is -2.28. The zero-order valence-corrected chi connectivity index (χ0v) is 34.9. The van der Waals surface area contributed by atoms with Crippen molar-refractivity contribution in [2.45, 2.75) is 5.41 Å². The summed E-state index contributed by atoms with van der Waals surface area (Å²) in [4.78, 5) is 11.2. The maximum Gasteiger partial charge on any atom is 0.0994 e. The quantitative estimate of drug-likeness (QED) is 0.167. The van der Waals surface area contributed by atoms with Crippen LogP contribution in [0, 0.1) is 0 Å². The van der Waals surface area contributed by atoms with E-state index in [1.807, 2.05) is 0 Å². The molecule has 0 amide bonds. The summed E-state index contributed by atoms with van der Waals surface area (Å²) >= 11 is 0. The molecule has 12 aromatic rings. The van der Waals surface area contributed by atoms with Crippen LogP contribution in [0.15, 0.2) is 237 Å². The third-order valence-electron chi connectivity index (χ3n) is 13.5. The Morgan fingerprint density at radius 2 is 0.875 bits per heavy atom. The minimum Gasteiger partial charge on any atom is -0.309 e. The smallest absolute Gasteiger partial charge is 0.0994 e. The number of rotatable bonds is 6. The van der Waals surface area contributed by atoms with E-state index in [-0.39, 0.29) is 0 Å². The second kappa shape index (κ2) is 14.3. The Labute approximate surface area is 371 Å². The molecule has 2 heterocycles. The van der Waals surface area contributed by atoms with E-state index in [0.717, 1.165) is 61.4 Å². The van der Waals surface area contributed by atoms with Gasteiger partial charge in [-0.1, -0.05) is 206 Å². The molecule has 0 atom stereocenters. The Morgan fingerprint density at radius 3 is 1.61 bits per heavy atom. The van der Waals surface area contributed by atoms with Crippen molar-refractivity contribution in [2.24, 2.45) is 0 Å². The molecule has 0 N–H and O–H groups in total. The van der Waals surface area contributed by atoms with Crippen molar-refractivity contribution in [3.05, 3.63) is 259 Å². The molecule has 0 unspecified atom stereocenters. The summed E-state index contributed by atoms with van der Waals surface area (Å²) in [6.45, 7) is 0. The standard InChI is InChI=1S/C61H39N3/c1-4-21-41(22-5-1)61(42-23-6-2-7-24-42)51-34-14-12-30-49(51)57-52(61)39-38-40-20-18-31-46(56(40)57)44-27-10-11-29-47(44)58-59(63-54-36-16-15-35-53(54)62-58)50-33-19-32-48-45-28-13-17-37-55(45)64(60(48)50)43-25-8-3-9-26-43/h1-39H. The van der Waals surface area contributed by atoms with Gasteiger partial charge in [0.15, 0.2) is 0 Å². The molecule has 0 saturated heterocycles. The van der Waals surface area contributed by atoms with Crippen LogP contribution in [-0.4, -0.2) is 14.5 Å². The monoisotopic (exact) mass is 813 g/mol. The highest BCUT2D eigenvalue weighted by Crippen LogP contribution is 2.59. The number of benzene rings is 10. The van der Waals surface area contributed by atoms with Crippen molar-refractivity contribution in [2.75, 3.05) is 0 Å². The van der Waals surface area contributed by atoms with Gasteiger partial charge in [0.1, 0.15) is 0 Å². The van der Waals surface area contributed by atoms with Gasteiger partial charge in [-0.25, -0.2) is 9.97 Å². The van der Waals surface area contributed by atoms with Gasteiger partial charge in [0.2, 0.25) is 0 Å². The second-order valence-electron chi connectivity index (χ2n) is 16.8. The number of para-hydroxylation sites is 5. The number of fused-ring (bicyclic) bond motifs is 9. The van der Waals surface area contributed by atoms with Crippen LogP contribution in [0.4, 0.5) is 0 Å². The summed E-state index contributed by atoms with van der Waals surface area (Å²) in [5.74, 6) is 0. The van der Waals surface area contributed by atoms with Gasteiger partial charge in [-0.2, -0.15) is 0 Å². The van der Waals surface area contributed by atoms with E-state index in [0.29, 0.717) is 0 Å². The molecule has 3 heteroatoms. The lowest BCUT2D eigenvalue weighted by Gasteiger charge is -2.34. The van der Waals surface area contributed by atoms with Crippen LogP contribution < -0.4 is 0 Å². The van der Waals surface area contributed by atoms with Crippen LogP contribution in [0.3, 0.4) is 0 Å². The molecule has 10 aromatic carbocycles. The average molecular weight is 814 g/mol. The molecule has 0 bridgehead atoms. The molecule has 1 aliphatic rings. The molecular formula is C61H39N3. The van der Waals surface area contributed by atoms with Crippen LogP contribution in [0.2, 0.25) is 0 Å². The lowest BCUT2D eigenvalue weighted by molar-refractivity contribution is 0.769. The SMILES string of the molecule is c1ccc(-n2c3ccccc3c3cccc(-c4nc5ccccc5nc4-c4ccccc4-c4cccc5ccc6c(c45)-c4ccccc4C6(c4ccccc4)c4ccccc4)c32)cc1. The highest BCUT2D eigenvalue weighted by atomic mass is 15.0. The second-order valence-corrected chi connectivity index (χ2v) is 16.8. The Balaban J connectivity index is 1.12. The molecule has 0 saturated carbocycles. The molecule has 0 spiro atoms. The molecule has 0 fully saturated rings. The molecule has 2 aromatic heterocycles. The molecule has 0 aliphatic heterocycles. The summed E-state index contributed by atoms with van der Waals surface area (Å²) in [7, 11) is 0. The van der Waals surface area contributed by atoms with Gasteiger partial charge in [0.05, 0.1) is 38.9 Å². The molecule has 64 heavy (non-hydrogen) atoms. The van der Waals surface area contributed by atoms with Crippen molar-refractivity contribution in [1.82, 2.24) is 14.5 Å². The molecule has 298 valence electrons. The third kappa shape index (κ3) is 5.22. The summed E-state index contributed by atoms with van der Waals surface area (Å²) < 4.78 is 2.39. The van der Waals surface area contributed by atoms with E-state index in [2.05, 4.69) is 241 Å². The maximum absolute atomic E-state index is 5.59. The Kier molecular flexibility index (Phi) is 8.13. The van der Waals surface area contributed by atoms with Crippen molar-refractivity contribution in [3.8, 4) is 50.5 Å². The Bertz CT molecular complexity index is 3740. The summed E-state index contributed by atoms with van der Waals surface area (Å²) in [5.41, 5.74) is 18.2. The number of hydrogen-bond acceptors (Lipinski definition) is 2. The predicted octanol–water partition coefficient (Wildman–Crippen LogP) is 15.2. The van der Waals surface area contributed by atoms with E-state index in [4.69, 9.17) is 9.97 Å². The molecule has 0 radical (unpaired) electrons. The predicted molar refractivity (Wildman–Crippen MR) is 265 cm³/mol. The Morgan fingerprint density at radius 1 is 0.344 bits per heavy atom. The number of nitrogens with zero attached hydrogens (tertiary/aromatic N) is 3. The first-order valence-corrected chi connectivity index (χ1v) is 22.0. The molecular weight excluding hydrogens is 775 g/mol. The van der Waals surface area contributed by atoms with E-state index in [1.165, 1.54) is 54.9 Å². The van der Waals surface area contributed by atoms with Crippen LogP contribution in [-0.2, 0) is 5.41 Å². The van der Waals surface area contributed by atoms with Gasteiger partial charge in [0, 0.05) is 27.6 Å². The largest absolute Gasteiger partial charge is 0.309 e. The summed E-state index contributed by atoms with van der Waals surface area (Å²) in [6, 6.07) is 85.7. The minimum absolute atomic E-state index is 0.512. The topological polar surface area (TPSA) is 30.7 Å². The maximum atomic E-state index is 5.59. The Hall–Kier alpha value is -8.40. The number of aromatic nitrogens is 3.